The zero-order valence-electron chi connectivity index (χ0n) is 16.3. The SMILES string of the molecule is Cc1cccc(N2CC(=O)N(c3ccccc3F)[C@H](c3ccccc3)C2=O)c1C. The summed E-state index contributed by atoms with van der Waals surface area (Å²) in [7, 11) is 0. The van der Waals surface area contributed by atoms with Crippen LogP contribution in [0.2, 0.25) is 0 Å². The van der Waals surface area contributed by atoms with Gasteiger partial charge in [-0.05, 0) is 48.7 Å². The molecular formula is C24H21FN2O2. The number of aryl methyl sites for hydroxylation is 1. The van der Waals surface area contributed by atoms with Gasteiger partial charge in [0.05, 0.1) is 5.69 Å². The van der Waals surface area contributed by atoms with Crippen LogP contribution in [-0.4, -0.2) is 18.4 Å². The molecule has 146 valence electrons. The first-order chi connectivity index (χ1) is 14.0. The van der Waals surface area contributed by atoms with Crippen LogP contribution in [0.25, 0.3) is 0 Å². The lowest BCUT2D eigenvalue weighted by Gasteiger charge is -2.41. The van der Waals surface area contributed by atoms with E-state index in [-0.39, 0.29) is 24.0 Å². The highest BCUT2D eigenvalue weighted by molar-refractivity contribution is 6.14. The number of para-hydroxylation sites is 1. The number of carbonyl (C=O) groups is 2. The van der Waals surface area contributed by atoms with Gasteiger partial charge in [0, 0.05) is 5.69 Å². The van der Waals surface area contributed by atoms with Crippen molar-refractivity contribution in [2.24, 2.45) is 0 Å². The van der Waals surface area contributed by atoms with Gasteiger partial charge in [-0.1, -0.05) is 54.6 Å². The van der Waals surface area contributed by atoms with Crippen molar-refractivity contribution in [2.45, 2.75) is 19.9 Å². The lowest BCUT2D eigenvalue weighted by Crippen LogP contribution is -2.56. The fourth-order valence-corrected chi connectivity index (χ4v) is 3.77. The highest BCUT2D eigenvalue weighted by Crippen LogP contribution is 2.36. The number of hydrogen-bond donors (Lipinski definition) is 0. The first-order valence-electron chi connectivity index (χ1n) is 9.48. The number of rotatable bonds is 3. The quantitative estimate of drug-likeness (QED) is 0.660. The predicted molar refractivity (Wildman–Crippen MR) is 111 cm³/mol. The number of carbonyl (C=O) groups excluding carboxylic acids is 2. The fraction of sp³-hybridized carbons (Fsp3) is 0.167. The minimum Gasteiger partial charge on any atom is -0.301 e. The maximum Gasteiger partial charge on any atom is 0.255 e. The molecular weight excluding hydrogens is 367 g/mol. The molecule has 1 aliphatic heterocycles. The molecule has 0 aliphatic carbocycles. The van der Waals surface area contributed by atoms with Crippen LogP contribution in [0, 0.1) is 19.7 Å². The third-order valence-corrected chi connectivity index (χ3v) is 5.41. The highest BCUT2D eigenvalue weighted by Gasteiger charge is 2.42. The Bertz CT molecular complexity index is 1080. The molecule has 1 aliphatic rings. The molecule has 1 atom stereocenters. The molecule has 0 saturated carbocycles. The molecule has 1 fully saturated rings. The van der Waals surface area contributed by atoms with Crippen molar-refractivity contribution >= 4 is 23.2 Å². The molecule has 0 aromatic heterocycles. The van der Waals surface area contributed by atoms with Gasteiger partial charge >= 0.3 is 0 Å². The van der Waals surface area contributed by atoms with Crippen molar-refractivity contribution in [2.75, 3.05) is 16.3 Å². The summed E-state index contributed by atoms with van der Waals surface area (Å²) in [6.45, 7) is 3.76. The smallest absolute Gasteiger partial charge is 0.255 e. The second-order valence-corrected chi connectivity index (χ2v) is 7.17. The van der Waals surface area contributed by atoms with E-state index in [4.69, 9.17) is 0 Å². The van der Waals surface area contributed by atoms with Crippen LogP contribution in [0.15, 0.2) is 72.8 Å². The molecule has 29 heavy (non-hydrogen) atoms. The third kappa shape index (κ3) is 3.29. The lowest BCUT2D eigenvalue weighted by molar-refractivity contribution is -0.128. The Morgan fingerprint density at radius 1 is 0.828 bits per heavy atom. The van der Waals surface area contributed by atoms with Crippen molar-refractivity contribution in [1.82, 2.24) is 0 Å². The van der Waals surface area contributed by atoms with Crippen molar-refractivity contribution in [3.05, 3.63) is 95.3 Å². The summed E-state index contributed by atoms with van der Waals surface area (Å²) in [6, 6.07) is 19.8. The van der Waals surface area contributed by atoms with Gasteiger partial charge in [-0.2, -0.15) is 0 Å². The number of piperazine rings is 1. The number of benzene rings is 3. The maximum absolute atomic E-state index is 14.6. The second-order valence-electron chi connectivity index (χ2n) is 7.17. The molecule has 0 radical (unpaired) electrons. The number of amides is 2. The lowest BCUT2D eigenvalue weighted by atomic mass is 9.98. The molecule has 1 saturated heterocycles. The first-order valence-corrected chi connectivity index (χ1v) is 9.48. The van der Waals surface area contributed by atoms with Gasteiger partial charge in [0.2, 0.25) is 5.91 Å². The van der Waals surface area contributed by atoms with Crippen molar-refractivity contribution in [3.63, 3.8) is 0 Å². The third-order valence-electron chi connectivity index (χ3n) is 5.41. The van der Waals surface area contributed by atoms with Crippen molar-refractivity contribution in [1.29, 1.82) is 0 Å². The van der Waals surface area contributed by atoms with E-state index in [9.17, 15) is 14.0 Å². The highest BCUT2D eigenvalue weighted by atomic mass is 19.1. The Morgan fingerprint density at radius 3 is 2.21 bits per heavy atom. The zero-order valence-corrected chi connectivity index (χ0v) is 16.3. The number of nitrogens with zero attached hydrogens (tertiary/aromatic N) is 2. The minimum atomic E-state index is -0.936. The first kappa shape index (κ1) is 18.9. The minimum absolute atomic E-state index is 0.111. The fourth-order valence-electron chi connectivity index (χ4n) is 3.77. The molecule has 5 heteroatoms. The molecule has 3 aromatic carbocycles. The summed E-state index contributed by atoms with van der Waals surface area (Å²) >= 11 is 0. The standard InChI is InChI=1S/C24H21FN2O2/c1-16-9-8-14-20(17(16)2)26-15-22(28)27(21-13-7-6-12-19(21)25)23(24(26)29)18-10-4-3-5-11-18/h3-14,23H,15H2,1-2H3/t23-/m1/s1. The topological polar surface area (TPSA) is 40.6 Å². The van der Waals surface area contributed by atoms with Crippen LogP contribution < -0.4 is 9.80 Å². The summed E-state index contributed by atoms with van der Waals surface area (Å²) in [6.07, 6.45) is 0. The number of hydrogen-bond acceptors (Lipinski definition) is 2. The maximum atomic E-state index is 14.6. The summed E-state index contributed by atoms with van der Waals surface area (Å²) in [5.74, 6) is -1.12. The molecule has 4 rings (SSSR count). The van der Waals surface area contributed by atoms with E-state index >= 15 is 0 Å². The van der Waals surface area contributed by atoms with Gasteiger partial charge < -0.3 is 4.90 Å². The summed E-state index contributed by atoms with van der Waals surface area (Å²) in [4.78, 5) is 29.7. The molecule has 0 bridgehead atoms. The van der Waals surface area contributed by atoms with Gasteiger partial charge in [-0.3, -0.25) is 14.5 Å². The van der Waals surface area contributed by atoms with E-state index in [0.717, 1.165) is 11.1 Å². The Labute approximate surface area is 169 Å². The van der Waals surface area contributed by atoms with E-state index in [1.165, 1.54) is 21.9 Å². The normalized spacial score (nSPS) is 17.0. The van der Waals surface area contributed by atoms with Gasteiger partial charge in [0.25, 0.3) is 5.91 Å². The van der Waals surface area contributed by atoms with Gasteiger partial charge in [-0.25, -0.2) is 4.39 Å². The largest absolute Gasteiger partial charge is 0.301 e. The number of anilines is 2. The predicted octanol–water partition coefficient (Wildman–Crippen LogP) is 4.56. The van der Waals surface area contributed by atoms with E-state index in [1.807, 2.05) is 50.2 Å². The van der Waals surface area contributed by atoms with Crippen LogP contribution in [-0.2, 0) is 9.59 Å². The average molecular weight is 388 g/mol. The molecule has 4 nitrogen and oxygen atoms in total. The Balaban J connectivity index is 1.86. The van der Waals surface area contributed by atoms with Crippen LogP contribution in [0.4, 0.5) is 15.8 Å². The molecule has 1 heterocycles. The molecule has 2 amide bonds. The van der Waals surface area contributed by atoms with E-state index in [2.05, 4.69) is 0 Å². The zero-order chi connectivity index (χ0) is 20.5. The molecule has 0 unspecified atom stereocenters. The second kappa shape index (κ2) is 7.51. The Hall–Kier alpha value is -3.47. The van der Waals surface area contributed by atoms with Crippen LogP contribution >= 0.6 is 0 Å². The monoisotopic (exact) mass is 388 g/mol. The molecule has 3 aromatic rings. The summed E-state index contributed by atoms with van der Waals surface area (Å²) < 4.78 is 14.6. The molecule has 0 N–H and O–H groups in total. The van der Waals surface area contributed by atoms with E-state index in [0.29, 0.717) is 11.3 Å². The molecule has 0 spiro atoms. The van der Waals surface area contributed by atoms with Gasteiger partial charge in [0.15, 0.2) is 0 Å². The van der Waals surface area contributed by atoms with Crippen LogP contribution in [0.5, 0.6) is 0 Å². The average Bonchev–Trinajstić information content (AvgIpc) is 2.73. The summed E-state index contributed by atoms with van der Waals surface area (Å²) in [5.41, 5.74) is 3.44. The Kier molecular flexibility index (Phi) is 4.89. The van der Waals surface area contributed by atoms with Crippen molar-refractivity contribution in [3.8, 4) is 0 Å². The summed E-state index contributed by atoms with van der Waals surface area (Å²) in [5, 5.41) is 0. The van der Waals surface area contributed by atoms with Crippen LogP contribution in [0.1, 0.15) is 22.7 Å². The van der Waals surface area contributed by atoms with E-state index in [1.54, 1.807) is 24.3 Å². The van der Waals surface area contributed by atoms with Gasteiger partial charge in [-0.15, -0.1) is 0 Å². The van der Waals surface area contributed by atoms with Crippen molar-refractivity contribution < 1.29 is 14.0 Å². The van der Waals surface area contributed by atoms with Gasteiger partial charge in [0.1, 0.15) is 18.4 Å². The number of halogens is 1. The van der Waals surface area contributed by atoms with Crippen LogP contribution in [0.3, 0.4) is 0 Å². The van der Waals surface area contributed by atoms with E-state index < -0.39 is 11.9 Å². The Morgan fingerprint density at radius 2 is 1.48 bits per heavy atom.